The van der Waals surface area contributed by atoms with E-state index in [1.807, 2.05) is 170 Å². The molecule has 5 heterocycles. The summed E-state index contributed by atoms with van der Waals surface area (Å²) in [5, 5.41) is 26.1. The van der Waals surface area contributed by atoms with E-state index < -0.39 is 103 Å². The zero-order valence-corrected chi connectivity index (χ0v) is 57.3. The molecule has 0 fully saturated rings. The zero-order valence-electron chi connectivity index (χ0n) is 57.3. The summed E-state index contributed by atoms with van der Waals surface area (Å²) in [4.78, 5) is 146. The molecule has 0 unspecified atom stereocenters. The number of rotatable bonds is 32. The third-order valence-corrected chi connectivity index (χ3v) is 19.5. The number of carbonyl (C=O) groups is 9. The first kappa shape index (κ1) is 70.7. The lowest BCUT2D eigenvalue weighted by Crippen LogP contribution is -2.60. The first-order chi connectivity index (χ1) is 51.1. The van der Waals surface area contributed by atoms with Gasteiger partial charge in [-0.3, -0.25) is 38.4 Å². The number of benzene rings is 7. The molecule has 17 N–H and O–H groups in total. The van der Waals surface area contributed by atoms with Crippen molar-refractivity contribution in [2.24, 2.45) is 11.5 Å². The van der Waals surface area contributed by atoms with Crippen molar-refractivity contribution in [1.82, 2.24) is 67.5 Å². The summed E-state index contributed by atoms with van der Waals surface area (Å²) in [6.07, 6.45) is 8.46. The number of primary amides is 1. The molecule has 0 saturated carbocycles. The van der Waals surface area contributed by atoms with E-state index >= 15 is 14.4 Å². The average Bonchev–Trinajstić information content (AvgIpc) is 1.63. The lowest BCUT2D eigenvalue weighted by Gasteiger charge is -2.27. The van der Waals surface area contributed by atoms with Gasteiger partial charge >= 0.3 is 6.09 Å². The number of amides is 9. The number of nitrogens with one attached hydrogen (secondary N) is 13. The van der Waals surface area contributed by atoms with E-state index in [0.717, 1.165) is 82.3 Å². The monoisotopic (exact) mass is 1410 g/mol. The van der Waals surface area contributed by atoms with Crippen molar-refractivity contribution in [2.45, 2.75) is 93.5 Å². The molecule has 25 nitrogen and oxygen atoms in total. The molecule has 25 heteroatoms. The maximum absolute atomic E-state index is 15.6. The minimum atomic E-state index is -1.46. The van der Waals surface area contributed by atoms with Crippen LogP contribution in [0.25, 0.3) is 65.6 Å². The Hall–Kier alpha value is -12.8. The number of nitrogens with two attached hydrogens (primary N) is 2. The van der Waals surface area contributed by atoms with E-state index in [9.17, 15) is 28.8 Å². The normalized spacial score (nSPS) is 13.6. The predicted octanol–water partition coefficient (Wildman–Crippen LogP) is 6.78. The fourth-order valence-electron chi connectivity index (χ4n) is 14.1. The van der Waals surface area contributed by atoms with Crippen LogP contribution >= 0.6 is 0 Å². The molecular formula is C80H81N15O10. The van der Waals surface area contributed by atoms with Crippen molar-refractivity contribution in [3.8, 4) is 11.1 Å². The number of hydrogen-bond donors (Lipinski definition) is 15. The highest BCUT2D eigenvalue weighted by atomic mass is 16.5. The largest absolute Gasteiger partial charge is 0.449 e. The van der Waals surface area contributed by atoms with Crippen molar-refractivity contribution in [2.75, 3.05) is 26.2 Å². The molecule has 536 valence electrons. The summed E-state index contributed by atoms with van der Waals surface area (Å²) in [5.74, 6) is -6.37. The van der Waals surface area contributed by atoms with Gasteiger partial charge in [-0.15, -0.1) is 0 Å². The van der Waals surface area contributed by atoms with Crippen molar-refractivity contribution < 1.29 is 47.9 Å². The molecule has 1 aliphatic rings. The van der Waals surface area contributed by atoms with Crippen molar-refractivity contribution in [3.05, 3.63) is 240 Å². The molecule has 0 bridgehead atoms. The third kappa shape index (κ3) is 16.6. The van der Waals surface area contributed by atoms with Crippen LogP contribution in [0.15, 0.2) is 201 Å². The van der Waals surface area contributed by atoms with Crippen LogP contribution < -0.4 is 54.0 Å². The highest BCUT2D eigenvalue weighted by Gasteiger charge is 2.36. The van der Waals surface area contributed by atoms with Gasteiger partial charge in [-0.05, 0) is 106 Å². The second-order valence-electron chi connectivity index (χ2n) is 26.4. The molecular weight excluding hydrogens is 1330 g/mol. The topological polar surface area (TPSA) is 390 Å². The Morgan fingerprint density at radius 2 is 0.676 bits per heavy atom. The van der Waals surface area contributed by atoms with Gasteiger partial charge in [-0.25, -0.2) is 4.79 Å². The number of aromatic nitrogens is 5. The highest BCUT2D eigenvalue weighted by Crippen LogP contribution is 2.44. The van der Waals surface area contributed by atoms with Crippen molar-refractivity contribution >= 4 is 108 Å². The Labute approximate surface area is 602 Å². The van der Waals surface area contributed by atoms with Gasteiger partial charge in [0.05, 0.1) is 6.54 Å². The fraction of sp³-hybridized carbons (Fsp3) is 0.237. The molecule has 105 heavy (non-hydrogen) atoms. The van der Waals surface area contributed by atoms with Crippen molar-refractivity contribution in [3.63, 3.8) is 0 Å². The van der Waals surface area contributed by atoms with E-state index in [0.29, 0.717) is 41.6 Å². The Balaban J connectivity index is 0.739. The summed E-state index contributed by atoms with van der Waals surface area (Å²) in [6, 6.07) is 44.9. The van der Waals surface area contributed by atoms with Gasteiger partial charge < -0.3 is 83.7 Å². The minimum absolute atomic E-state index is 0.0178. The molecule has 6 atom stereocenters. The number of fused-ring (bicyclic) bond motifs is 8. The van der Waals surface area contributed by atoms with Crippen LogP contribution in [0.1, 0.15) is 64.1 Å². The van der Waals surface area contributed by atoms with E-state index in [2.05, 4.69) is 67.5 Å². The summed E-state index contributed by atoms with van der Waals surface area (Å²) < 4.78 is 5.63. The van der Waals surface area contributed by atoms with Gasteiger partial charge in [-0.1, -0.05) is 140 Å². The number of alkyl carbamates (subject to hydrolysis) is 1. The van der Waals surface area contributed by atoms with Crippen LogP contribution in [0.5, 0.6) is 0 Å². The number of para-hydroxylation sites is 5. The molecule has 0 saturated heterocycles. The molecule has 13 rings (SSSR count). The Bertz CT molecular complexity index is 5160. The molecule has 9 amide bonds. The standard InChI is InChI=1S/C80H81N15O10/c81-32-16-15-31-66(90-73(97)44-89-80(104)105-45-60-58-24-3-1-22-56(58)57-23-2-4-25-59(57)60)75(99)88-43-72(96)91-68(34-47-39-84-62-27-11-6-18-52(47)62)76(100)93-70(36-49-41-86-64-29-13-8-20-54(49)64)78(102)95-71(37-50-42-87-65-30-14-9-21-55(50)65)79(103)94-69(35-48-40-85-63-28-12-7-19-53(48)63)77(101)92-67(74(82)98)33-46-38-83-61-26-10-5-17-51(46)61/h1-14,17-30,38-42,60,66-71,83-87H,15-16,31-37,43-45,81H2,(H2,82,98)(H,88,99)(H,89,104)(H,90,97)(H,91,96)(H,92,101)(H,93,100)(H,94,103)(H,95,102)/t66-,67-,68-,69-,70-,71-/m0/s1. The lowest BCUT2D eigenvalue weighted by molar-refractivity contribution is -0.135. The molecule has 0 aliphatic heterocycles. The number of aromatic amines is 5. The van der Waals surface area contributed by atoms with Crippen LogP contribution in [0.3, 0.4) is 0 Å². The molecule has 7 aromatic carbocycles. The lowest BCUT2D eigenvalue weighted by atomic mass is 9.98. The van der Waals surface area contributed by atoms with E-state index in [4.69, 9.17) is 16.2 Å². The molecule has 1 aliphatic carbocycles. The first-order valence-electron chi connectivity index (χ1n) is 35.0. The number of hydrogen-bond acceptors (Lipinski definition) is 11. The molecule has 12 aromatic rings. The smallest absolute Gasteiger partial charge is 0.407 e. The van der Waals surface area contributed by atoms with Crippen LogP contribution in [0.4, 0.5) is 4.79 Å². The van der Waals surface area contributed by atoms with E-state index in [1.54, 1.807) is 31.0 Å². The van der Waals surface area contributed by atoms with Crippen LogP contribution in [-0.4, -0.2) is 141 Å². The summed E-state index contributed by atoms with van der Waals surface area (Å²) in [5.41, 5.74) is 23.1. The Morgan fingerprint density at radius 1 is 0.362 bits per heavy atom. The molecule has 5 aromatic heterocycles. The van der Waals surface area contributed by atoms with Crippen molar-refractivity contribution in [1.29, 1.82) is 0 Å². The van der Waals surface area contributed by atoms with Gasteiger partial charge in [0, 0.05) is 124 Å². The SMILES string of the molecule is NCCCC[C@H](NC(=O)CNC(=O)OCC1c2ccccc2-c2ccccc21)C(=O)NCC(=O)N[C@@H](Cc1c[nH]c2ccccc12)C(=O)N[C@@H](Cc1c[nH]c2ccccc12)C(=O)N[C@@H](Cc1c[nH]c2ccccc12)C(=O)N[C@@H](Cc1c[nH]c2ccccc12)C(=O)N[C@@H](Cc1c[nH]c2ccccc12)C(N)=O. The average molecular weight is 1410 g/mol. The van der Waals surface area contributed by atoms with E-state index in [-0.39, 0.29) is 51.0 Å². The van der Waals surface area contributed by atoms with Gasteiger partial charge in [0.2, 0.25) is 47.3 Å². The summed E-state index contributed by atoms with van der Waals surface area (Å²) in [7, 11) is 0. The summed E-state index contributed by atoms with van der Waals surface area (Å²) >= 11 is 0. The second kappa shape index (κ2) is 32.5. The number of H-pyrrole nitrogens is 5. The third-order valence-electron chi connectivity index (χ3n) is 19.5. The van der Waals surface area contributed by atoms with Gasteiger partial charge in [-0.2, -0.15) is 0 Å². The summed E-state index contributed by atoms with van der Waals surface area (Å²) in [6.45, 7) is -0.861. The molecule has 0 radical (unpaired) electrons. The quantitative estimate of drug-likeness (QED) is 0.0195. The fourth-order valence-corrected chi connectivity index (χ4v) is 14.1. The first-order valence-corrected chi connectivity index (χ1v) is 35.0. The second-order valence-corrected chi connectivity index (χ2v) is 26.4. The number of unbranched alkanes of at least 4 members (excludes halogenated alkanes) is 1. The number of ether oxygens (including phenoxy) is 1. The van der Waals surface area contributed by atoms with Crippen LogP contribution in [0.2, 0.25) is 0 Å². The van der Waals surface area contributed by atoms with E-state index in [1.165, 1.54) is 0 Å². The van der Waals surface area contributed by atoms with Gasteiger partial charge in [0.1, 0.15) is 49.4 Å². The minimum Gasteiger partial charge on any atom is -0.449 e. The van der Waals surface area contributed by atoms with Gasteiger partial charge in [0.15, 0.2) is 0 Å². The highest BCUT2D eigenvalue weighted by molar-refractivity contribution is 6.00. The predicted molar refractivity (Wildman–Crippen MR) is 400 cm³/mol. The van der Waals surface area contributed by atoms with Gasteiger partial charge in [0.25, 0.3) is 0 Å². The maximum Gasteiger partial charge on any atom is 0.407 e. The number of carbonyl (C=O) groups excluding carboxylic acids is 9. The maximum atomic E-state index is 15.6. The molecule has 0 spiro atoms. The van der Waals surface area contributed by atoms with Crippen LogP contribution in [-0.2, 0) is 75.2 Å². The Morgan fingerprint density at radius 3 is 1.05 bits per heavy atom. The van der Waals surface area contributed by atoms with Crippen LogP contribution in [0, 0.1) is 0 Å². The Kier molecular flexibility index (Phi) is 21.9. The zero-order chi connectivity index (χ0) is 72.9.